The van der Waals surface area contributed by atoms with E-state index in [0.717, 1.165) is 12.1 Å². The Morgan fingerprint density at radius 3 is 2.10 bits per heavy atom. The van der Waals surface area contributed by atoms with E-state index in [0.29, 0.717) is 5.56 Å². The van der Waals surface area contributed by atoms with Gasteiger partial charge in [0, 0.05) is 0 Å². The van der Waals surface area contributed by atoms with Gasteiger partial charge in [0.1, 0.15) is 11.6 Å². The standard InChI is InChI=1S/C14H18F3NO2/c1-13(2,3)20-12(19)11(18)8-9-4-6-10(7-5-9)14(15,16)17/h4-7,11H,8,18H2,1-3H3/t11-/m1/s1. The summed E-state index contributed by atoms with van der Waals surface area (Å²) >= 11 is 0. The molecule has 0 saturated carbocycles. The Morgan fingerprint density at radius 1 is 1.20 bits per heavy atom. The molecule has 0 fully saturated rings. The number of hydrogen-bond donors (Lipinski definition) is 1. The van der Waals surface area contributed by atoms with E-state index in [1.54, 1.807) is 20.8 Å². The smallest absolute Gasteiger partial charge is 0.416 e. The Labute approximate surface area is 115 Å². The van der Waals surface area contributed by atoms with E-state index in [2.05, 4.69) is 0 Å². The van der Waals surface area contributed by atoms with Crippen molar-refractivity contribution >= 4 is 5.97 Å². The molecule has 0 saturated heterocycles. The number of ether oxygens (including phenoxy) is 1. The number of benzene rings is 1. The number of rotatable bonds is 3. The molecule has 0 amide bonds. The van der Waals surface area contributed by atoms with Crippen molar-refractivity contribution in [3.05, 3.63) is 35.4 Å². The molecule has 0 bridgehead atoms. The highest BCUT2D eigenvalue weighted by Gasteiger charge is 2.30. The van der Waals surface area contributed by atoms with Crippen LogP contribution in [0.5, 0.6) is 0 Å². The van der Waals surface area contributed by atoms with Crippen LogP contribution in [0.3, 0.4) is 0 Å². The van der Waals surface area contributed by atoms with Crippen LogP contribution in [-0.4, -0.2) is 17.6 Å². The van der Waals surface area contributed by atoms with E-state index in [9.17, 15) is 18.0 Å². The van der Waals surface area contributed by atoms with Gasteiger partial charge in [0.15, 0.2) is 0 Å². The third-order valence-electron chi connectivity index (χ3n) is 2.45. The lowest BCUT2D eigenvalue weighted by Crippen LogP contribution is -2.38. The predicted molar refractivity (Wildman–Crippen MR) is 69.0 cm³/mol. The first-order chi connectivity index (χ1) is 8.99. The Hall–Kier alpha value is -1.56. The molecule has 0 aliphatic heterocycles. The second kappa shape index (κ2) is 5.83. The molecule has 0 unspecified atom stereocenters. The molecular weight excluding hydrogens is 271 g/mol. The van der Waals surface area contributed by atoms with Gasteiger partial charge in [0.25, 0.3) is 0 Å². The molecule has 20 heavy (non-hydrogen) atoms. The summed E-state index contributed by atoms with van der Waals surface area (Å²) in [5.74, 6) is -0.572. The Morgan fingerprint density at radius 2 is 1.70 bits per heavy atom. The summed E-state index contributed by atoms with van der Waals surface area (Å²) in [4.78, 5) is 11.7. The minimum atomic E-state index is -4.37. The van der Waals surface area contributed by atoms with Crippen LogP contribution in [0.1, 0.15) is 31.9 Å². The fourth-order valence-corrected chi connectivity index (χ4v) is 1.54. The first kappa shape index (κ1) is 16.5. The van der Waals surface area contributed by atoms with Gasteiger partial charge >= 0.3 is 12.1 Å². The lowest BCUT2D eigenvalue weighted by atomic mass is 10.0. The molecule has 3 nitrogen and oxygen atoms in total. The van der Waals surface area contributed by atoms with Crippen LogP contribution in [0.15, 0.2) is 24.3 Å². The van der Waals surface area contributed by atoms with Gasteiger partial charge in [-0.1, -0.05) is 12.1 Å². The molecule has 0 aliphatic rings. The summed E-state index contributed by atoms with van der Waals surface area (Å²) in [6.45, 7) is 5.15. The fraction of sp³-hybridized carbons (Fsp3) is 0.500. The van der Waals surface area contributed by atoms with Crippen LogP contribution >= 0.6 is 0 Å². The SMILES string of the molecule is CC(C)(C)OC(=O)[C@H](N)Cc1ccc(C(F)(F)F)cc1. The minimum absolute atomic E-state index is 0.132. The molecule has 0 radical (unpaired) electrons. The summed E-state index contributed by atoms with van der Waals surface area (Å²) in [7, 11) is 0. The molecule has 1 atom stereocenters. The lowest BCUT2D eigenvalue weighted by molar-refractivity contribution is -0.156. The predicted octanol–water partition coefficient (Wildman–Crippen LogP) is 2.92. The van der Waals surface area contributed by atoms with Crippen molar-refractivity contribution in [2.75, 3.05) is 0 Å². The average molecular weight is 289 g/mol. The van der Waals surface area contributed by atoms with Crippen molar-refractivity contribution < 1.29 is 22.7 Å². The maximum Gasteiger partial charge on any atom is 0.416 e. The molecule has 1 aromatic carbocycles. The van der Waals surface area contributed by atoms with Crippen LogP contribution in [0.25, 0.3) is 0 Å². The van der Waals surface area contributed by atoms with E-state index < -0.39 is 29.4 Å². The van der Waals surface area contributed by atoms with Gasteiger partial charge in [-0.15, -0.1) is 0 Å². The number of halogens is 3. The molecule has 112 valence electrons. The molecule has 1 rings (SSSR count). The molecule has 0 aliphatic carbocycles. The number of carbonyl (C=O) groups excluding carboxylic acids is 1. The Bertz CT molecular complexity index is 461. The normalized spacial score (nSPS) is 13.9. The Balaban J connectivity index is 2.67. The van der Waals surface area contributed by atoms with Crippen LogP contribution < -0.4 is 5.73 Å². The van der Waals surface area contributed by atoms with Crippen molar-refractivity contribution in [3.63, 3.8) is 0 Å². The van der Waals surface area contributed by atoms with Crippen molar-refractivity contribution in [1.29, 1.82) is 0 Å². The van der Waals surface area contributed by atoms with Crippen molar-refractivity contribution in [2.45, 2.75) is 45.0 Å². The zero-order valence-corrected chi connectivity index (χ0v) is 11.6. The number of alkyl halides is 3. The van der Waals surface area contributed by atoms with Gasteiger partial charge in [0.2, 0.25) is 0 Å². The van der Waals surface area contributed by atoms with Crippen molar-refractivity contribution in [3.8, 4) is 0 Å². The molecule has 1 aromatic rings. The van der Waals surface area contributed by atoms with E-state index in [4.69, 9.17) is 10.5 Å². The highest BCUT2D eigenvalue weighted by molar-refractivity contribution is 5.76. The van der Waals surface area contributed by atoms with Gasteiger partial charge in [-0.05, 0) is 44.9 Å². The first-order valence-electron chi connectivity index (χ1n) is 6.13. The highest BCUT2D eigenvalue weighted by Crippen LogP contribution is 2.29. The third kappa shape index (κ3) is 5.21. The maximum absolute atomic E-state index is 12.4. The van der Waals surface area contributed by atoms with Gasteiger partial charge < -0.3 is 10.5 Å². The van der Waals surface area contributed by atoms with Crippen LogP contribution in [0.2, 0.25) is 0 Å². The molecule has 0 aromatic heterocycles. The molecule has 2 N–H and O–H groups in total. The number of esters is 1. The lowest BCUT2D eigenvalue weighted by Gasteiger charge is -2.22. The second-order valence-corrected chi connectivity index (χ2v) is 5.54. The Kier molecular flexibility index (Phi) is 4.81. The monoisotopic (exact) mass is 289 g/mol. The summed E-state index contributed by atoms with van der Waals surface area (Å²) in [6.07, 6.45) is -4.24. The van der Waals surface area contributed by atoms with Gasteiger partial charge in [-0.25, -0.2) is 0 Å². The number of carbonyl (C=O) groups is 1. The average Bonchev–Trinajstić information content (AvgIpc) is 2.26. The zero-order valence-electron chi connectivity index (χ0n) is 11.6. The summed E-state index contributed by atoms with van der Waals surface area (Å²) in [6, 6.07) is 3.67. The molecule has 6 heteroatoms. The van der Waals surface area contributed by atoms with Crippen molar-refractivity contribution in [1.82, 2.24) is 0 Å². The largest absolute Gasteiger partial charge is 0.459 e. The van der Waals surface area contributed by atoms with E-state index in [1.807, 2.05) is 0 Å². The third-order valence-corrected chi connectivity index (χ3v) is 2.45. The zero-order chi connectivity index (χ0) is 15.6. The first-order valence-corrected chi connectivity index (χ1v) is 6.13. The highest BCUT2D eigenvalue weighted by atomic mass is 19.4. The topological polar surface area (TPSA) is 52.3 Å². The van der Waals surface area contributed by atoms with Crippen LogP contribution in [0.4, 0.5) is 13.2 Å². The van der Waals surface area contributed by atoms with Gasteiger partial charge in [0.05, 0.1) is 5.56 Å². The summed E-state index contributed by atoms with van der Waals surface area (Å²) in [5.41, 5.74) is 4.86. The minimum Gasteiger partial charge on any atom is -0.459 e. The van der Waals surface area contributed by atoms with E-state index in [-0.39, 0.29) is 6.42 Å². The van der Waals surface area contributed by atoms with Crippen LogP contribution in [0, 0.1) is 0 Å². The van der Waals surface area contributed by atoms with E-state index in [1.165, 1.54) is 12.1 Å². The van der Waals surface area contributed by atoms with Crippen LogP contribution in [-0.2, 0) is 22.1 Å². The van der Waals surface area contributed by atoms with E-state index >= 15 is 0 Å². The fourth-order valence-electron chi connectivity index (χ4n) is 1.54. The quantitative estimate of drug-likeness (QED) is 0.870. The van der Waals surface area contributed by atoms with Gasteiger partial charge in [-0.3, -0.25) is 4.79 Å². The summed E-state index contributed by atoms with van der Waals surface area (Å²) < 4.78 is 42.3. The maximum atomic E-state index is 12.4. The molecular formula is C14H18F3NO2. The number of hydrogen-bond acceptors (Lipinski definition) is 3. The number of nitrogens with two attached hydrogens (primary N) is 1. The molecule has 0 spiro atoms. The summed E-state index contributed by atoms with van der Waals surface area (Å²) in [5, 5.41) is 0. The second-order valence-electron chi connectivity index (χ2n) is 5.54. The molecule has 0 heterocycles. The van der Waals surface area contributed by atoms with Crippen molar-refractivity contribution in [2.24, 2.45) is 5.73 Å². The van der Waals surface area contributed by atoms with Gasteiger partial charge in [-0.2, -0.15) is 13.2 Å².